The normalized spacial score (nSPS) is 12.8. The molecule has 0 bridgehead atoms. The van der Waals surface area contributed by atoms with E-state index in [1.54, 1.807) is 12.3 Å². The number of hydrogen-bond donors (Lipinski definition) is 2. The van der Waals surface area contributed by atoms with Crippen LogP contribution in [0.3, 0.4) is 0 Å². The summed E-state index contributed by atoms with van der Waals surface area (Å²) in [5.74, 6) is 1.14. The van der Waals surface area contributed by atoms with Crippen molar-refractivity contribution >= 4 is 11.6 Å². The minimum Gasteiger partial charge on any atom is -0.489 e. The summed E-state index contributed by atoms with van der Waals surface area (Å²) < 4.78 is 5.37. The van der Waals surface area contributed by atoms with E-state index in [1.165, 1.54) is 6.20 Å². The van der Waals surface area contributed by atoms with Gasteiger partial charge >= 0.3 is 0 Å². The highest BCUT2D eigenvalue weighted by atomic mass is 35.5. The Morgan fingerprint density at radius 2 is 2.18 bits per heavy atom. The van der Waals surface area contributed by atoms with Crippen LogP contribution in [0.2, 0.25) is 5.02 Å². The van der Waals surface area contributed by atoms with Gasteiger partial charge in [-0.3, -0.25) is 4.98 Å². The van der Waals surface area contributed by atoms with Gasteiger partial charge in [0.1, 0.15) is 18.5 Å². The Kier molecular flexibility index (Phi) is 6.26. The third kappa shape index (κ3) is 6.46. The third-order valence-corrected chi connectivity index (χ3v) is 2.26. The van der Waals surface area contributed by atoms with Gasteiger partial charge in [-0.1, -0.05) is 25.4 Å². The summed E-state index contributed by atoms with van der Waals surface area (Å²) in [5.41, 5.74) is 0. The topological polar surface area (TPSA) is 54.4 Å². The average Bonchev–Trinajstić information content (AvgIpc) is 2.26. The molecule has 0 saturated heterocycles. The van der Waals surface area contributed by atoms with Gasteiger partial charge < -0.3 is 15.2 Å². The highest BCUT2D eigenvalue weighted by Crippen LogP contribution is 2.14. The molecular weight excluding hydrogens is 240 g/mol. The molecule has 2 N–H and O–H groups in total. The number of aromatic nitrogens is 1. The summed E-state index contributed by atoms with van der Waals surface area (Å²) >= 11 is 5.76. The Labute approximate surface area is 107 Å². The van der Waals surface area contributed by atoms with Crippen LogP contribution in [0.15, 0.2) is 18.5 Å². The first-order valence-corrected chi connectivity index (χ1v) is 6.08. The standard InChI is InChI=1S/C12H19ClN2O2/c1-9(2)4-14-6-11(16)8-17-12-3-10(13)5-15-7-12/h3,5,7,9,11,14,16H,4,6,8H2,1-2H3. The summed E-state index contributed by atoms with van der Waals surface area (Å²) in [6, 6.07) is 1.67. The lowest BCUT2D eigenvalue weighted by molar-refractivity contribution is 0.105. The Balaban J connectivity index is 2.21. The number of nitrogens with zero attached hydrogens (tertiary/aromatic N) is 1. The molecule has 0 spiro atoms. The van der Waals surface area contributed by atoms with E-state index >= 15 is 0 Å². The number of aliphatic hydroxyl groups is 1. The fraction of sp³-hybridized carbons (Fsp3) is 0.583. The fourth-order valence-corrected chi connectivity index (χ4v) is 1.43. The highest BCUT2D eigenvalue weighted by molar-refractivity contribution is 6.30. The zero-order chi connectivity index (χ0) is 12.7. The smallest absolute Gasteiger partial charge is 0.139 e. The minimum atomic E-state index is -0.535. The van der Waals surface area contributed by atoms with Crippen molar-refractivity contribution < 1.29 is 9.84 Å². The van der Waals surface area contributed by atoms with Crippen LogP contribution in [0.1, 0.15) is 13.8 Å². The van der Waals surface area contributed by atoms with E-state index in [2.05, 4.69) is 24.1 Å². The molecule has 1 aromatic heterocycles. The molecular formula is C12H19ClN2O2. The first kappa shape index (κ1) is 14.2. The van der Waals surface area contributed by atoms with Crippen LogP contribution < -0.4 is 10.1 Å². The molecule has 4 nitrogen and oxygen atoms in total. The van der Waals surface area contributed by atoms with Gasteiger partial charge in [-0.2, -0.15) is 0 Å². The molecule has 1 rings (SSSR count). The summed E-state index contributed by atoms with van der Waals surface area (Å²) in [4.78, 5) is 3.89. The van der Waals surface area contributed by atoms with E-state index in [0.717, 1.165) is 6.54 Å². The maximum atomic E-state index is 9.65. The number of rotatable bonds is 7. The molecule has 0 aliphatic carbocycles. The summed E-state index contributed by atoms with van der Waals surface area (Å²) in [7, 11) is 0. The zero-order valence-corrected chi connectivity index (χ0v) is 10.9. The van der Waals surface area contributed by atoms with Crippen molar-refractivity contribution in [3.63, 3.8) is 0 Å². The molecule has 0 amide bonds. The number of ether oxygens (including phenoxy) is 1. The van der Waals surface area contributed by atoms with Crippen molar-refractivity contribution in [2.45, 2.75) is 20.0 Å². The van der Waals surface area contributed by atoms with E-state index < -0.39 is 6.10 Å². The van der Waals surface area contributed by atoms with Gasteiger partial charge in [-0.05, 0) is 12.5 Å². The monoisotopic (exact) mass is 258 g/mol. The molecule has 0 radical (unpaired) electrons. The molecule has 0 aliphatic heterocycles. The average molecular weight is 259 g/mol. The number of halogens is 1. The second kappa shape index (κ2) is 7.48. The Morgan fingerprint density at radius 1 is 1.41 bits per heavy atom. The Hall–Kier alpha value is -0.840. The van der Waals surface area contributed by atoms with Gasteiger partial charge in [0.05, 0.1) is 11.2 Å². The SMILES string of the molecule is CC(C)CNCC(O)COc1cncc(Cl)c1. The van der Waals surface area contributed by atoms with Crippen molar-refractivity contribution in [2.24, 2.45) is 5.92 Å². The number of nitrogens with one attached hydrogen (secondary N) is 1. The van der Waals surface area contributed by atoms with Crippen molar-refractivity contribution in [3.05, 3.63) is 23.5 Å². The predicted molar refractivity (Wildman–Crippen MR) is 68.5 cm³/mol. The molecule has 0 saturated carbocycles. The molecule has 96 valence electrons. The van der Waals surface area contributed by atoms with Crippen molar-refractivity contribution in [3.8, 4) is 5.75 Å². The molecule has 1 heterocycles. The molecule has 1 aromatic rings. The lowest BCUT2D eigenvalue weighted by Gasteiger charge is -2.14. The van der Waals surface area contributed by atoms with Gasteiger partial charge in [0, 0.05) is 18.8 Å². The quantitative estimate of drug-likeness (QED) is 0.782. The number of aliphatic hydroxyl groups excluding tert-OH is 1. The van der Waals surface area contributed by atoms with E-state index in [9.17, 15) is 5.11 Å². The van der Waals surface area contributed by atoms with Crippen LogP contribution >= 0.6 is 11.6 Å². The van der Waals surface area contributed by atoms with E-state index in [-0.39, 0.29) is 6.61 Å². The third-order valence-electron chi connectivity index (χ3n) is 2.05. The Morgan fingerprint density at radius 3 is 2.82 bits per heavy atom. The van der Waals surface area contributed by atoms with Crippen molar-refractivity contribution in [1.82, 2.24) is 10.3 Å². The minimum absolute atomic E-state index is 0.229. The first-order chi connectivity index (χ1) is 8.08. The van der Waals surface area contributed by atoms with Crippen LogP contribution in [0.4, 0.5) is 0 Å². The molecule has 17 heavy (non-hydrogen) atoms. The van der Waals surface area contributed by atoms with Crippen LogP contribution in [0.25, 0.3) is 0 Å². The van der Waals surface area contributed by atoms with Crippen LogP contribution in [-0.2, 0) is 0 Å². The van der Waals surface area contributed by atoms with Crippen molar-refractivity contribution in [1.29, 1.82) is 0 Å². The molecule has 1 atom stereocenters. The Bertz CT molecular complexity index is 334. The molecule has 1 unspecified atom stereocenters. The lowest BCUT2D eigenvalue weighted by Crippen LogP contribution is -2.33. The predicted octanol–water partition coefficient (Wildman–Crippen LogP) is 1.72. The second-order valence-electron chi connectivity index (χ2n) is 4.36. The van der Waals surface area contributed by atoms with Crippen LogP contribution in [0, 0.1) is 5.92 Å². The van der Waals surface area contributed by atoms with Gasteiger partial charge in [-0.15, -0.1) is 0 Å². The second-order valence-corrected chi connectivity index (χ2v) is 4.79. The molecule has 0 aromatic carbocycles. The number of pyridine rings is 1. The van der Waals surface area contributed by atoms with Crippen molar-refractivity contribution in [2.75, 3.05) is 19.7 Å². The fourth-order valence-electron chi connectivity index (χ4n) is 1.26. The van der Waals surface area contributed by atoms with Crippen LogP contribution in [-0.4, -0.2) is 35.9 Å². The molecule has 0 aliphatic rings. The first-order valence-electron chi connectivity index (χ1n) is 5.70. The summed E-state index contributed by atoms with van der Waals surface area (Å²) in [6.07, 6.45) is 2.57. The molecule has 0 fully saturated rings. The summed E-state index contributed by atoms with van der Waals surface area (Å²) in [6.45, 7) is 5.87. The van der Waals surface area contributed by atoms with E-state index in [4.69, 9.17) is 16.3 Å². The van der Waals surface area contributed by atoms with E-state index in [0.29, 0.717) is 23.2 Å². The van der Waals surface area contributed by atoms with Gasteiger partial charge in [0.15, 0.2) is 0 Å². The molecule has 5 heteroatoms. The highest BCUT2D eigenvalue weighted by Gasteiger charge is 2.05. The zero-order valence-electron chi connectivity index (χ0n) is 10.2. The lowest BCUT2D eigenvalue weighted by atomic mass is 10.2. The van der Waals surface area contributed by atoms with E-state index in [1.807, 2.05) is 0 Å². The maximum Gasteiger partial charge on any atom is 0.139 e. The van der Waals surface area contributed by atoms with Crippen LogP contribution in [0.5, 0.6) is 5.75 Å². The van der Waals surface area contributed by atoms with Gasteiger partial charge in [0.25, 0.3) is 0 Å². The number of hydrogen-bond acceptors (Lipinski definition) is 4. The maximum absolute atomic E-state index is 9.65. The summed E-state index contributed by atoms with van der Waals surface area (Å²) in [5, 5.41) is 13.3. The largest absolute Gasteiger partial charge is 0.489 e. The van der Waals surface area contributed by atoms with Gasteiger partial charge in [0.2, 0.25) is 0 Å². The van der Waals surface area contributed by atoms with Gasteiger partial charge in [-0.25, -0.2) is 0 Å².